The number of aromatic nitrogens is 3. The molecule has 27 heavy (non-hydrogen) atoms. The van der Waals surface area contributed by atoms with Crippen LogP contribution >= 0.6 is 11.6 Å². The number of hydrogen-bond acceptors (Lipinski definition) is 4. The average Bonchev–Trinajstić information content (AvgIpc) is 3.06. The summed E-state index contributed by atoms with van der Waals surface area (Å²) in [6, 6.07) is 9.71. The van der Waals surface area contributed by atoms with Crippen LogP contribution in [0.2, 0.25) is 5.02 Å². The predicted molar refractivity (Wildman–Crippen MR) is 99.5 cm³/mol. The molecule has 0 aliphatic rings. The Morgan fingerprint density at radius 1 is 1.26 bits per heavy atom. The molecule has 8 heteroatoms. The summed E-state index contributed by atoms with van der Waals surface area (Å²) in [5, 5.41) is 4.46. The van der Waals surface area contributed by atoms with Gasteiger partial charge in [0.1, 0.15) is 23.6 Å². The summed E-state index contributed by atoms with van der Waals surface area (Å²) in [5.74, 6) is 0.587. The van der Waals surface area contributed by atoms with Gasteiger partial charge in [-0.15, -0.1) is 5.10 Å². The Kier molecular flexibility index (Phi) is 5.41. The van der Waals surface area contributed by atoms with Crippen LogP contribution in [0, 0.1) is 12.7 Å². The van der Waals surface area contributed by atoms with Crippen LogP contribution in [-0.2, 0) is 13.6 Å². The average molecular weight is 389 g/mol. The van der Waals surface area contributed by atoms with E-state index in [1.807, 2.05) is 0 Å². The number of carbonyl (C=O) groups is 1. The molecule has 0 aliphatic carbocycles. The lowest BCUT2D eigenvalue weighted by atomic mass is 10.2. The van der Waals surface area contributed by atoms with Crippen LogP contribution in [0.3, 0.4) is 0 Å². The van der Waals surface area contributed by atoms with E-state index >= 15 is 0 Å². The smallest absolute Gasteiger partial charge is 0.293 e. The van der Waals surface area contributed by atoms with Crippen LogP contribution in [0.4, 0.5) is 4.39 Å². The third-order valence-corrected chi connectivity index (χ3v) is 4.29. The number of carbonyl (C=O) groups excluding carboxylic acids is 1. The lowest BCUT2D eigenvalue weighted by Gasteiger charge is -2.17. The second-order valence-corrected chi connectivity index (χ2v) is 6.58. The summed E-state index contributed by atoms with van der Waals surface area (Å²) in [6.07, 6.45) is 1.47. The lowest BCUT2D eigenvalue weighted by Crippen LogP contribution is -2.27. The lowest BCUT2D eigenvalue weighted by molar-refractivity contribution is 0.0773. The van der Waals surface area contributed by atoms with Crippen LogP contribution < -0.4 is 4.74 Å². The fraction of sp³-hybridized carbons (Fsp3) is 0.211. The molecule has 0 unspecified atom stereocenters. The SMILES string of the molecule is Cc1cc(Oc2ccc(CN(C)C(=O)c3ncn(C)n3)c(Cl)c2)ccc1F. The van der Waals surface area contributed by atoms with E-state index in [1.54, 1.807) is 51.4 Å². The molecule has 0 atom stereocenters. The number of hydrogen-bond donors (Lipinski definition) is 0. The highest BCUT2D eigenvalue weighted by Gasteiger charge is 2.17. The maximum absolute atomic E-state index is 13.3. The van der Waals surface area contributed by atoms with Gasteiger partial charge in [-0.1, -0.05) is 17.7 Å². The molecule has 1 heterocycles. The van der Waals surface area contributed by atoms with Crippen molar-refractivity contribution in [3.8, 4) is 11.5 Å². The van der Waals surface area contributed by atoms with Crippen molar-refractivity contribution < 1.29 is 13.9 Å². The largest absolute Gasteiger partial charge is 0.457 e. The molecular weight excluding hydrogens is 371 g/mol. The Morgan fingerprint density at radius 2 is 1.96 bits per heavy atom. The molecule has 0 saturated carbocycles. The molecule has 140 valence electrons. The molecule has 2 aromatic carbocycles. The maximum Gasteiger partial charge on any atom is 0.293 e. The molecule has 3 rings (SSSR count). The minimum atomic E-state index is -0.297. The van der Waals surface area contributed by atoms with E-state index < -0.39 is 0 Å². The van der Waals surface area contributed by atoms with Crippen LogP contribution in [-0.4, -0.2) is 32.6 Å². The Morgan fingerprint density at radius 3 is 2.59 bits per heavy atom. The zero-order chi connectivity index (χ0) is 19.6. The van der Waals surface area contributed by atoms with Gasteiger partial charge in [-0.05, 0) is 48.4 Å². The summed E-state index contributed by atoms with van der Waals surface area (Å²) in [4.78, 5) is 17.8. The number of amides is 1. The highest BCUT2D eigenvalue weighted by molar-refractivity contribution is 6.31. The molecule has 0 saturated heterocycles. The van der Waals surface area contributed by atoms with Gasteiger partial charge in [-0.25, -0.2) is 9.37 Å². The van der Waals surface area contributed by atoms with Crippen LogP contribution in [0.5, 0.6) is 11.5 Å². The van der Waals surface area contributed by atoms with Crippen LogP contribution in [0.1, 0.15) is 21.7 Å². The van der Waals surface area contributed by atoms with Crippen molar-refractivity contribution >= 4 is 17.5 Å². The minimum absolute atomic E-state index is 0.128. The Bertz CT molecular complexity index is 990. The first-order valence-electron chi connectivity index (χ1n) is 8.17. The standard InChI is InChI=1S/C19H18ClFN4O2/c1-12-8-14(6-7-17(12)21)27-15-5-4-13(16(20)9-15)10-24(2)19(26)18-22-11-25(3)23-18/h4-9,11H,10H2,1-3H3. The monoisotopic (exact) mass is 388 g/mol. The number of nitrogens with zero attached hydrogens (tertiary/aromatic N) is 4. The number of benzene rings is 2. The number of halogens is 2. The van der Waals surface area contributed by atoms with Crippen molar-refractivity contribution in [2.45, 2.75) is 13.5 Å². The van der Waals surface area contributed by atoms with Gasteiger partial charge in [-0.3, -0.25) is 9.48 Å². The van der Waals surface area contributed by atoms with Crippen molar-refractivity contribution in [3.63, 3.8) is 0 Å². The van der Waals surface area contributed by atoms with Gasteiger partial charge in [0.25, 0.3) is 5.91 Å². The molecule has 3 aromatic rings. The van der Waals surface area contributed by atoms with Crippen molar-refractivity contribution in [1.29, 1.82) is 0 Å². The van der Waals surface area contributed by atoms with Gasteiger partial charge in [-0.2, -0.15) is 0 Å². The van der Waals surface area contributed by atoms with E-state index in [1.165, 1.54) is 22.0 Å². The quantitative estimate of drug-likeness (QED) is 0.663. The first kappa shape index (κ1) is 18.8. The topological polar surface area (TPSA) is 60.2 Å². The van der Waals surface area contributed by atoms with Crippen molar-refractivity contribution in [3.05, 3.63) is 70.5 Å². The molecule has 1 amide bonds. The zero-order valence-electron chi connectivity index (χ0n) is 15.1. The molecule has 0 bridgehead atoms. The van der Waals surface area contributed by atoms with E-state index in [4.69, 9.17) is 16.3 Å². The van der Waals surface area contributed by atoms with E-state index in [-0.39, 0.29) is 17.5 Å². The number of aryl methyl sites for hydroxylation is 2. The summed E-state index contributed by atoms with van der Waals surface area (Å²) in [6.45, 7) is 1.97. The zero-order valence-corrected chi connectivity index (χ0v) is 15.9. The van der Waals surface area contributed by atoms with Crippen LogP contribution in [0.15, 0.2) is 42.7 Å². The summed E-state index contributed by atoms with van der Waals surface area (Å²) >= 11 is 6.34. The Hall–Kier alpha value is -2.93. The van der Waals surface area contributed by atoms with Gasteiger partial charge in [0.05, 0.1) is 0 Å². The summed E-state index contributed by atoms with van der Waals surface area (Å²) < 4.78 is 20.5. The number of rotatable bonds is 5. The fourth-order valence-electron chi connectivity index (χ4n) is 2.47. The molecule has 0 spiro atoms. The van der Waals surface area contributed by atoms with Gasteiger partial charge in [0.2, 0.25) is 5.82 Å². The van der Waals surface area contributed by atoms with Gasteiger partial charge >= 0.3 is 0 Å². The molecule has 6 nitrogen and oxygen atoms in total. The van der Waals surface area contributed by atoms with E-state index in [9.17, 15) is 9.18 Å². The van der Waals surface area contributed by atoms with E-state index in [2.05, 4.69) is 10.1 Å². The highest BCUT2D eigenvalue weighted by atomic mass is 35.5. The molecule has 0 aliphatic heterocycles. The van der Waals surface area contributed by atoms with Gasteiger partial charge in [0, 0.05) is 25.7 Å². The number of ether oxygens (including phenoxy) is 1. The van der Waals surface area contributed by atoms with Gasteiger partial charge < -0.3 is 9.64 Å². The Labute approximate surface area is 161 Å². The molecule has 0 radical (unpaired) electrons. The highest BCUT2D eigenvalue weighted by Crippen LogP contribution is 2.28. The van der Waals surface area contributed by atoms with Crippen LogP contribution in [0.25, 0.3) is 0 Å². The summed E-state index contributed by atoms with van der Waals surface area (Å²) in [7, 11) is 3.35. The van der Waals surface area contributed by atoms with Gasteiger partial charge in [0.15, 0.2) is 0 Å². The Balaban J connectivity index is 1.70. The molecular formula is C19H18ClFN4O2. The van der Waals surface area contributed by atoms with Crippen molar-refractivity contribution in [2.75, 3.05) is 7.05 Å². The molecule has 0 fully saturated rings. The van der Waals surface area contributed by atoms with Crippen molar-refractivity contribution in [2.24, 2.45) is 7.05 Å². The predicted octanol–water partition coefficient (Wildman–Crippen LogP) is 3.98. The normalized spacial score (nSPS) is 10.7. The summed E-state index contributed by atoms with van der Waals surface area (Å²) in [5.41, 5.74) is 1.25. The first-order chi connectivity index (χ1) is 12.8. The third kappa shape index (κ3) is 4.43. The maximum atomic E-state index is 13.3. The molecule has 1 aromatic heterocycles. The minimum Gasteiger partial charge on any atom is -0.457 e. The molecule has 0 N–H and O–H groups in total. The second kappa shape index (κ2) is 7.75. The van der Waals surface area contributed by atoms with Crippen molar-refractivity contribution in [1.82, 2.24) is 19.7 Å². The third-order valence-electron chi connectivity index (χ3n) is 3.93. The second-order valence-electron chi connectivity index (χ2n) is 6.17. The first-order valence-corrected chi connectivity index (χ1v) is 8.55. The van der Waals surface area contributed by atoms with E-state index in [0.717, 1.165) is 5.56 Å². The fourth-order valence-corrected chi connectivity index (χ4v) is 2.70. The van der Waals surface area contributed by atoms with E-state index in [0.29, 0.717) is 28.6 Å².